The van der Waals surface area contributed by atoms with Crippen LogP contribution in [-0.4, -0.2) is 49.7 Å². The molecule has 2 aliphatic rings. The molecule has 1 aliphatic heterocycles. The summed E-state index contributed by atoms with van der Waals surface area (Å²) in [6.07, 6.45) is 0.552. The second-order valence-electron chi connectivity index (χ2n) is 11.6. The van der Waals surface area contributed by atoms with Gasteiger partial charge >= 0.3 is 12.1 Å². The van der Waals surface area contributed by atoms with E-state index in [0.29, 0.717) is 28.4 Å². The third-order valence-electron chi connectivity index (χ3n) is 8.45. The molecule has 8 nitrogen and oxygen atoms in total. The number of ether oxygens (including phenoxy) is 1. The van der Waals surface area contributed by atoms with Crippen molar-refractivity contribution < 1.29 is 32.6 Å². The third-order valence-corrected chi connectivity index (χ3v) is 9.56. The molecule has 1 aromatic carbocycles. The topological polar surface area (TPSA) is 97.6 Å². The maximum atomic E-state index is 13.8. The second-order valence-corrected chi connectivity index (χ2v) is 12.8. The highest BCUT2D eigenvalue weighted by Gasteiger charge is 2.41. The van der Waals surface area contributed by atoms with Gasteiger partial charge in [0.1, 0.15) is 17.9 Å². The van der Waals surface area contributed by atoms with Crippen molar-refractivity contribution in [3.8, 4) is 22.1 Å². The van der Waals surface area contributed by atoms with Crippen LogP contribution in [0.2, 0.25) is 0 Å². The number of rotatable bonds is 9. The summed E-state index contributed by atoms with van der Waals surface area (Å²) in [4.78, 5) is 32.1. The molecular weight excluding hydrogens is 605 g/mol. The summed E-state index contributed by atoms with van der Waals surface area (Å²) >= 11 is 1.45. The molecule has 1 aliphatic carbocycles. The first-order chi connectivity index (χ1) is 21.5. The van der Waals surface area contributed by atoms with Gasteiger partial charge in [0, 0.05) is 29.4 Å². The number of carboxylic acids is 1. The van der Waals surface area contributed by atoms with Gasteiger partial charge in [-0.05, 0) is 86.4 Å². The average molecular weight is 639 g/mol. The number of pyridine rings is 1. The lowest BCUT2D eigenvalue weighted by molar-refractivity contribution is -0.143. The van der Waals surface area contributed by atoms with E-state index < -0.39 is 23.4 Å². The summed E-state index contributed by atoms with van der Waals surface area (Å²) in [5.74, 6) is -0.166. The van der Waals surface area contributed by atoms with Gasteiger partial charge in [-0.3, -0.25) is 4.79 Å². The van der Waals surface area contributed by atoms with Gasteiger partial charge < -0.3 is 14.7 Å². The Hall–Kier alpha value is -4.19. The Morgan fingerprint density at radius 3 is 2.49 bits per heavy atom. The number of carboxylic acid groups (broad SMARTS) is 1. The molecule has 0 radical (unpaired) electrons. The van der Waals surface area contributed by atoms with Gasteiger partial charge in [-0.25, -0.2) is 14.5 Å². The van der Waals surface area contributed by atoms with Gasteiger partial charge in [0.15, 0.2) is 11.5 Å². The molecule has 4 aromatic rings. The maximum Gasteiger partial charge on any atom is 0.434 e. The van der Waals surface area contributed by atoms with E-state index in [1.54, 1.807) is 12.1 Å². The van der Waals surface area contributed by atoms with Crippen LogP contribution in [0.15, 0.2) is 48.7 Å². The second kappa shape index (κ2) is 12.3. The lowest BCUT2D eigenvalue weighted by Gasteiger charge is -2.33. The van der Waals surface area contributed by atoms with Gasteiger partial charge in [0.05, 0.1) is 16.8 Å². The molecule has 3 aromatic heterocycles. The lowest BCUT2D eigenvalue weighted by atomic mass is 9.85. The molecule has 4 heterocycles. The smallest absolute Gasteiger partial charge is 0.434 e. The number of hydrogen-bond donors (Lipinski definition) is 1. The minimum Gasteiger partial charge on any atom is -0.489 e. The van der Waals surface area contributed by atoms with E-state index in [-0.39, 0.29) is 18.3 Å². The highest BCUT2D eigenvalue weighted by molar-refractivity contribution is 7.15. The van der Waals surface area contributed by atoms with Crippen molar-refractivity contribution in [2.45, 2.75) is 64.7 Å². The number of alkyl halides is 3. The summed E-state index contributed by atoms with van der Waals surface area (Å²) in [5, 5.41) is 13.0. The zero-order valence-electron chi connectivity index (χ0n) is 24.9. The molecular formula is C33H33F3N4O4S. The van der Waals surface area contributed by atoms with E-state index in [0.717, 1.165) is 66.3 Å². The largest absolute Gasteiger partial charge is 0.489 e. The molecule has 2 fully saturated rings. The Bertz CT molecular complexity index is 1740. The van der Waals surface area contributed by atoms with Crippen LogP contribution in [0.5, 0.6) is 5.75 Å². The number of aromatic nitrogens is 3. The Labute approximate surface area is 262 Å². The first kappa shape index (κ1) is 30.8. The zero-order valence-corrected chi connectivity index (χ0v) is 25.7. The van der Waals surface area contributed by atoms with Crippen LogP contribution in [0.4, 0.5) is 13.2 Å². The summed E-state index contributed by atoms with van der Waals surface area (Å²) in [7, 11) is 0. The molecule has 0 atom stereocenters. The minimum atomic E-state index is -4.94. The number of halogens is 3. The number of aryl methyl sites for hydroxylation is 2. The molecule has 45 heavy (non-hydrogen) atoms. The number of thiophene rings is 1. The fourth-order valence-electron chi connectivity index (χ4n) is 6.05. The van der Waals surface area contributed by atoms with Crippen molar-refractivity contribution in [1.82, 2.24) is 19.7 Å². The molecule has 236 valence electrons. The molecule has 6 rings (SSSR count). The molecule has 1 N–H and O–H groups in total. The highest BCUT2D eigenvalue weighted by Crippen LogP contribution is 2.38. The van der Waals surface area contributed by atoms with Crippen molar-refractivity contribution in [2.24, 2.45) is 5.92 Å². The van der Waals surface area contributed by atoms with Crippen LogP contribution in [0, 0.1) is 12.8 Å². The fourth-order valence-corrected chi connectivity index (χ4v) is 7.04. The van der Waals surface area contributed by atoms with E-state index in [2.05, 4.69) is 29.1 Å². The summed E-state index contributed by atoms with van der Waals surface area (Å²) < 4.78 is 48.2. The van der Waals surface area contributed by atoms with Crippen LogP contribution in [0.3, 0.4) is 0 Å². The SMILES string of the molecule is CCc1cc(OCc2cc(C)sc2-c2cccc(-n3ncc(C(=O)O)c3C(F)(F)F)n2)ccc1C1CCN(C(=O)C2CC2)CC1. The standard InChI is InChI=1S/C33H33F3N4O4S/c1-3-20-16-24(9-10-25(20)21-11-13-39(14-12-21)31(41)22-7-8-22)44-18-23-15-19(2)45-29(23)27-5-4-6-28(38-27)40-30(33(34,35)36)26(17-37-40)32(42)43/h4-6,9-10,15-17,21-22H,3,7-8,11-14,18H2,1-2H3,(H,42,43). The van der Waals surface area contributed by atoms with E-state index >= 15 is 0 Å². The number of carbonyl (C=O) groups is 2. The predicted molar refractivity (Wildman–Crippen MR) is 163 cm³/mol. The summed E-state index contributed by atoms with van der Waals surface area (Å²) in [6, 6.07) is 12.8. The van der Waals surface area contributed by atoms with Crippen molar-refractivity contribution in [3.63, 3.8) is 0 Å². The summed E-state index contributed by atoms with van der Waals surface area (Å²) in [5.41, 5.74) is 1.45. The summed E-state index contributed by atoms with van der Waals surface area (Å²) in [6.45, 7) is 5.89. The average Bonchev–Trinajstić information content (AvgIpc) is 3.65. The fraction of sp³-hybridized carbons (Fsp3) is 0.394. The number of piperidine rings is 1. The first-order valence-corrected chi connectivity index (χ1v) is 15.8. The number of carbonyl (C=O) groups excluding carboxylic acids is 1. The van der Waals surface area contributed by atoms with Crippen LogP contribution in [0.25, 0.3) is 16.4 Å². The molecule has 0 bridgehead atoms. The maximum absolute atomic E-state index is 13.8. The molecule has 12 heteroatoms. The Balaban J connectivity index is 1.19. The van der Waals surface area contributed by atoms with Gasteiger partial charge in [-0.2, -0.15) is 18.3 Å². The number of amides is 1. The van der Waals surface area contributed by atoms with Crippen LogP contribution in [0.1, 0.15) is 76.1 Å². The van der Waals surface area contributed by atoms with Crippen LogP contribution >= 0.6 is 11.3 Å². The molecule has 1 amide bonds. The quantitative estimate of drug-likeness (QED) is 0.207. The minimum absolute atomic E-state index is 0.142. The monoisotopic (exact) mass is 638 g/mol. The van der Waals surface area contributed by atoms with Crippen molar-refractivity contribution in [2.75, 3.05) is 13.1 Å². The van der Waals surface area contributed by atoms with Crippen LogP contribution < -0.4 is 4.74 Å². The number of hydrogen-bond acceptors (Lipinski definition) is 6. The number of aromatic carboxylic acids is 1. The van der Waals surface area contributed by atoms with Gasteiger partial charge in [0.25, 0.3) is 0 Å². The Morgan fingerprint density at radius 1 is 1.07 bits per heavy atom. The lowest BCUT2D eigenvalue weighted by Crippen LogP contribution is -2.38. The van der Waals surface area contributed by atoms with E-state index in [1.165, 1.54) is 28.5 Å². The number of likely N-dealkylation sites (tertiary alicyclic amines) is 1. The van der Waals surface area contributed by atoms with Gasteiger partial charge in [-0.15, -0.1) is 11.3 Å². The number of benzene rings is 1. The molecule has 0 spiro atoms. The molecule has 0 unspecified atom stereocenters. The Morgan fingerprint density at radius 2 is 1.82 bits per heavy atom. The van der Waals surface area contributed by atoms with E-state index in [1.807, 2.05) is 24.0 Å². The number of nitrogens with zero attached hydrogens (tertiary/aromatic N) is 4. The van der Waals surface area contributed by atoms with Gasteiger partial charge in [0.2, 0.25) is 5.91 Å². The zero-order chi connectivity index (χ0) is 31.9. The Kier molecular flexibility index (Phi) is 8.43. The highest BCUT2D eigenvalue weighted by atomic mass is 32.1. The normalized spacial score (nSPS) is 15.8. The molecule has 1 saturated carbocycles. The first-order valence-electron chi connectivity index (χ1n) is 15.0. The van der Waals surface area contributed by atoms with Crippen molar-refractivity contribution in [3.05, 3.63) is 81.5 Å². The van der Waals surface area contributed by atoms with Crippen molar-refractivity contribution in [1.29, 1.82) is 0 Å². The van der Waals surface area contributed by atoms with Crippen LogP contribution in [-0.2, 0) is 24.0 Å². The van der Waals surface area contributed by atoms with E-state index in [4.69, 9.17) is 4.74 Å². The molecule has 1 saturated heterocycles. The third kappa shape index (κ3) is 6.47. The van der Waals surface area contributed by atoms with E-state index in [9.17, 15) is 27.9 Å². The van der Waals surface area contributed by atoms with Crippen molar-refractivity contribution >= 4 is 23.2 Å². The predicted octanol–water partition coefficient (Wildman–Crippen LogP) is 7.28. The van der Waals surface area contributed by atoms with Gasteiger partial charge in [-0.1, -0.05) is 19.1 Å².